The average molecular weight is 442 g/mol. The lowest BCUT2D eigenvalue weighted by atomic mass is 9.78. The van der Waals surface area contributed by atoms with E-state index in [2.05, 4.69) is 77.6 Å². The highest BCUT2D eigenvalue weighted by molar-refractivity contribution is 6.62. The molecule has 0 amide bonds. The number of hydrogen-bond donors (Lipinski definition) is 1. The van der Waals surface area contributed by atoms with Crippen LogP contribution in [0.1, 0.15) is 73.1 Å². The lowest BCUT2D eigenvalue weighted by molar-refractivity contribution is -0.0152. The first-order valence-electron chi connectivity index (χ1n) is 11.6. The Hall–Kier alpha value is -1.61. The molecular weight excluding hydrogens is 406 g/mol. The second-order valence-electron chi connectivity index (χ2n) is 10.7. The first-order valence-corrected chi connectivity index (χ1v) is 11.6. The predicted octanol–water partition coefficient (Wildman–Crippen LogP) is 2.15. The first-order chi connectivity index (χ1) is 14.8. The number of aromatic nitrogens is 4. The van der Waals surface area contributed by atoms with Crippen LogP contribution >= 0.6 is 0 Å². The van der Waals surface area contributed by atoms with Crippen molar-refractivity contribution < 1.29 is 18.6 Å². The molecule has 0 saturated carbocycles. The molecule has 2 aliphatic heterocycles. The van der Waals surface area contributed by atoms with Gasteiger partial charge in [-0.25, -0.2) is 0 Å². The topological polar surface area (TPSA) is 83.4 Å². The monoisotopic (exact) mass is 442 g/mol. The number of aromatic amines is 1. The van der Waals surface area contributed by atoms with Gasteiger partial charge in [0, 0.05) is 30.1 Å². The van der Waals surface area contributed by atoms with Gasteiger partial charge < -0.3 is 18.6 Å². The maximum atomic E-state index is 6.55. The van der Waals surface area contributed by atoms with Crippen LogP contribution in [0.4, 0.5) is 0 Å². The zero-order valence-corrected chi connectivity index (χ0v) is 20.9. The van der Waals surface area contributed by atoms with E-state index in [1.807, 2.05) is 17.1 Å². The highest BCUT2D eigenvalue weighted by Crippen LogP contribution is 2.41. The van der Waals surface area contributed by atoms with Crippen LogP contribution in [0.5, 0.6) is 0 Å². The van der Waals surface area contributed by atoms with Crippen molar-refractivity contribution in [1.82, 2.24) is 20.0 Å². The van der Waals surface area contributed by atoms with Crippen molar-refractivity contribution in [2.45, 2.75) is 104 Å². The molecule has 1 unspecified atom stereocenters. The summed E-state index contributed by atoms with van der Waals surface area (Å²) in [4.78, 5) is 0. The van der Waals surface area contributed by atoms with Gasteiger partial charge in [-0.2, -0.15) is 10.2 Å². The van der Waals surface area contributed by atoms with Crippen molar-refractivity contribution in [3.05, 3.63) is 23.7 Å². The number of nitrogens with zero attached hydrogens (tertiary/aromatic N) is 3. The van der Waals surface area contributed by atoms with Crippen molar-refractivity contribution in [2.75, 3.05) is 0 Å². The molecule has 2 aliphatic rings. The van der Waals surface area contributed by atoms with Crippen LogP contribution in [0.15, 0.2) is 12.4 Å². The maximum Gasteiger partial charge on any atom is 0.516 e. The number of rotatable bonds is 6. The Morgan fingerprint density at radius 1 is 0.938 bits per heavy atom. The van der Waals surface area contributed by atoms with Gasteiger partial charge in [-0.15, -0.1) is 0 Å². The van der Waals surface area contributed by atoms with Crippen LogP contribution in [0, 0.1) is 6.92 Å². The fourth-order valence-corrected chi connectivity index (χ4v) is 4.35. The third-order valence-corrected chi connectivity index (χ3v) is 7.84. The van der Waals surface area contributed by atoms with Crippen molar-refractivity contribution in [3.63, 3.8) is 0 Å². The molecule has 2 saturated heterocycles. The molecule has 32 heavy (non-hydrogen) atoms. The van der Waals surface area contributed by atoms with Gasteiger partial charge in [-0.05, 0) is 80.7 Å². The Morgan fingerprint density at radius 2 is 1.56 bits per heavy atom. The molecule has 174 valence electrons. The smallest absolute Gasteiger partial charge is 0.399 e. The third-order valence-electron chi connectivity index (χ3n) is 7.84. The first kappa shape index (κ1) is 23.5. The maximum absolute atomic E-state index is 6.55. The summed E-state index contributed by atoms with van der Waals surface area (Å²) in [6.45, 7) is 19.5. The zero-order valence-electron chi connectivity index (χ0n) is 20.9. The second kappa shape index (κ2) is 7.72. The second-order valence-corrected chi connectivity index (χ2v) is 10.7. The molecule has 10 heteroatoms. The molecule has 0 spiro atoms. The molecular formula is C22H36B2N4O4. The molecule has 2 aromatic heterocycles. The molecule has 8 nitrogen and oxygen atoms in total. The third kappa shape index (κ3) is 3.75. The fraction of sp³-hybridized carbons (Fsp3) is 0.727. The van der Waals surface area contributed by atoms with Crippen LogP contribution < -0.4 is 11.1 Å². The summed E-state index contributed by atoms with van der Waals surface area (Å²) in [5, 5.41) is 11.9. The molecule has 2 fully saturated rings. The lowest BCUT2D eigenvalue weighted by Gasteiger charge is -2.36. The lowest BCUT2D eigenvalue weighted by Crippen LogP contribution is -2.45. The molecule has 1 N–H and O–H groups in total. The van der Waals surface area contributed by atoms with Gasteiger partial charge in [0.05, 0.1) is 28.0 Å². The zero-order chi connectivity index (χ0) is 23.5. The average Bonchev–Trinajstić information content (AvgIpc) is 3.39. The molecule has 0 aliphatic carbocycles. The minimum atomic E-state index is -0.488. The van der Waals surface area contributed by atoms with Crippen molar-refractivity contribution in [2.24, 2.45) is 0 Å². The van der Waals surface area contributed by atoms with E-state index in [1.54, 1.807) is 0 Å². The highest BCUT2D eigenvalue weighted by atomic mass is 16.7. The summed E-state index contributed by atoms with van der Waals surface area (Å²) < 4.78 is 27.3. The van der Waals surface area contributed by atoms with E-state index in [-0.39, 0.29) is 0 Å². The summed E-state index contributed by atoms with van der Waals surface area (Å²) in [5.74, 6) is 0. The Kier molecular flexibility index (Phi) is 5.68. The fourth-order valence-electron chi connectivity index (χ4n) is 4.35. The summed E-state index contributed by atoms with van der Waals surface area (Å²) in [7, 11) is -0.916. The summed E-state index contributed by atoms with van der Waals surface area (Å²) >= 11 is 0. The normalized spacial score (nSPS) is 26.3. The number of hydrogen-bond acceptors (Lipinski definition) is 6. The van der Waals surface area contributed by atoms with Crippen LogP contribution in [-0.4, -0.2) is 56.6 Å². The van der Waals surface area contributed by atoms with Crippen molar-refractivity contribution >= 4 is 25.3 Å². The van der Waals surface area contributed by atoms with E-state index >= 15 is 0 Å². The molecule has 0 aromatic carbocycles. The van der Waals surface area contributed by atoms with Gasteiger partial charge in [-0.3, -0.25) is 9.78 Å². The van der Waals surface area contributed by atoms with E-state index < -0.39 is 36.6 Å². The van der Waals surface area contributed by atoms with Gasteiger partial charge in [0.2, 0.25) is 0 Å². The van der Waals surface area contributed by atoms with Gasteiger partial charge in [-0.1, -0.05) is 0 Å². The van der Waals surface area contributed by atoms with E-state index in [0.717, 1.165) is 41.7 Å². The predicted molar refractivity (Wildman–Crippen MR) is 125 cm³/mol. The van der Waals surface area contributed by atoms with Crippen molar-refractivity contribution in [3.8, 4) is 0 Å². The van der Waals surface area contributed by atoms with E-state index in [9.17, 15) is 0 Å². The summed E-state index contributed by atoms with van der Waals surface area (Å²) in [6.07, 6.45) is 5.32. The minimum Gasteiger partial charge on any atom is -0.399 e. The highest BCUT2D eigenvalue weighted by Gasteiger charge is 2.56. The van der Waals surface area contributed by atoms with Crippen LogP contribution in [0.3, 0.4) is 0 Å². The summed E-state index contributed by atoms with van der Waals surface area (Å²) in [5.41, 5.74) is 2.19. The number of H-pyrrole nitrogens is 1. The Bertz CT molecular complexity index is 970. The van der Waals surface area contributed by atoms with Crippen LogP contribution in [0.2, 0.25) is 0 Å². The Balaban J connectivity index is 1.50. The van der Waals surface area contributed by atoms with Gasteiger partial charge in [0.25, 0.3) is 0 Å². The number of aryl methyl sites for hydroxylation is 2. The Labute approximate surface area is 192 Å². The van der Waals surface area contributed by atoms with Gasteiger partial charge >= 0.3 is 14.2 Å². The quantitative estimate of drug-likeness (QED) is 0.691. The minimum absolute atomic E-state index is 0.404. The number of nitrogens with one attached hydrogen (secondary N) is 1. The molecule has 0 bridgehead atoms. The molecule has 1 atom stereocenters. The van der Waals surface area contributed by atoms with Gasteiger partial charge in [0.15, 0.2) is 0 Å². The molecule has 0 radical (unpaired) electrons. The summed E-state index contributed by atoms with van der Waals surface area (Å²) in [6, 6.07) is 0. The molecule has 4 rings (SSSR count). The van der Waals surface area contributed by atoms with Crippen LogP contribution in [0.25, 0.3) is 0 Å². The van der Waals surface area contributed by atoms with E-state index in [1.165, 1.54) is 0 Å². The van der Waals surface area contributed by atoms with E-state index in [0.29, 0.717) is 0 Å². The molecule has 4 heterocycles. The Morgan fingerprint density at radius 3 is 2.16 bits per heavy atom. The standard InChI is InChI=1S/C22H36B2N4O4/c1-10-28-15(2)17(14-26-28)23-31-21(7,8)22(9,32-23)12-11-16-13-25-27-18(16)24-29-19(3,4)20(5,6)30-24/h13-14H,10-12H2,1-9H3,(H,25,27). The van der Waals surface area contributed by atoms with Crippen LogP contribution in [-0.2, 0) is 31.6 Å². The van der Waals surface area contributed by atoms with E-state index in [4.69, 9.17) is 18.6 Å². The molecule has 2 aromatic rings. The van der Waals surface area contributed by atoms with Gasteiger partial charge in [0.1, 0.15) is 0 Å². The largest absolute Gasteiger partial charge is 0.516 e. The SMILES string of the molecule is CCn1ncc(B2OC(C)(C)C(C)(CCc3c[nH]nc3B3OC(C)(C)C(C)(C)O3)O2)c1C. The van der Waals surface area contributed by atoms with Crippen molar-refractivity contribution in [1.29, 1.82) is 0 Å².